The molecular weight excluding hydrogens is 324 g/mol. The van der Waals surface area contributed by atoms with Crippen molar-refractivity contribution in [3.63, 3.8) is 0 Å². The minimum atomic E-state index is -0.274. The molecule has 8 heteroatoms. The normalized spacial score (nSPS) is 20.0. The van der Waals surface area contributed by atoms with Crippen molar-refractivity contribution in [2.45, 2.75) is 25.4 Å². The van der Waals surface area contributed by atoms with Crippen molar-refractivity contribution in [2.75, 3.05) is 33.2 Å². The summed E-state index contributed by atoms with van der Waals surface area (Å²) in [5.74, 6) is 0.299. The summed E-state index contributed by atoms with van der Waals surface area (Å²) in [6.07, 6.45) is 3.48. The van der Waals surface area contributed by atoms with Gasteiger partial charge in [0.05, 0.1) is 13.1 Å². The SMILES string of the molecule is CNC(=O)c1cc(OC2CCN(C(=O)CN3CCCC3=O)C2)ccn1. The van der Waals surface area contributed by atoms with Crippen LogP contribution < -0.4 is 10.1 Å². The van der Waals surface area contributed by atoms with Gasteiger partial charge in [0.2, 0.25) is 11.8 Å². The predicted molar refractivity (Wildman–Crippen MR) is 89.1 cm³/mol. The van der Waals surface area contributed by atoms with E-state index < -0.39 is 0 Å². The third kappa shape index (κ3) is 4.07. The van der Waals surface area contributed by atoms with E-state index in [1.165, 1.54) is 6.20 Å². The summed E-state index contributed by atoms with van der Waals surface area (Å²) in [5, 5.41) is 2.52. The van der Waals surface area contributed by atoms with Crippen LogP contribution in [0.1, 0.15) is 29.8 Å². The van der Waals surface area contributed by atoms with E-state index >= 15 is 0 Å². The summed E-state index contributed by atoms with van der Waals surface area (Å²) < 4.78 is 5.89. The van der Waals surface area contributed by atoms with Crippen LogP contribution in [-0.4, -0.2) is 71.8 Å². The van der Waals surface area contributed by atoms with Gasteiger partial charge in [0.1, 0.15) is 17.5 Å². The molecular formula is C17H22N4O4. The van der Waals surface area contributed by atoms with Crippen LogP contribution in [0.4, 0.5) is 0 Å². The molecule has 25 heavy (non-hydrogen) atoms. The van der Waals surface area contributed by atoms with Crippen LogP contribution in [-0.2, 0) is 9.59 Å². The summed E-state index contributed by atoms with van der Waals surface area (Å²) in [6.45, 7) is 1.91. The van der Waals surface area contributed by atoms with Crippen LogP contribution in [0.3, 0.4) is 0 Å². The molecule has 1 N–H and O–H groups in total. The van der Waals surface area contributed by atoms with Crippen LogP contribution in [0.15, 0.2) is 18.3 Å². The number of aromatic nitrogens is 1. The Hall–Kier alpha value is -2.64. The largest absolute Gasteiger partial charge is 0.488 e. The van der Waals surface area contributed by atoms with Crippen molar-refractivity contribution in [2.24, 2.45) is 0 Å². The van der Waals surface area contributed by atoms with Crippen LogP contribution in [0, 0.1) is 0 Å². The molecule has 1 aromatic heterocycles. The summed E-state index contributed by atoms with van der Waals surface area (Å²) in [5.41, 5.74) is 0.290. The second kappa shape index (κ2) is 7.50. The first kappa shape index (κ1) is 17.2. The lowest BCUT2D eigenvalue weighted by Crippen LogP contribution is -2.40. The molecule has 0 aliphatic carbocycles. The quantitative estimate of drug-likeness (QED) is 0.813. The third-order valence-corrected chi connectivity index (χ3v) is 4.49. The van der Waals surface area contributed by atoms with Crippen LogP contribution >= 0.6 is 0 Å². The monoisotopic (exact) mass is 346 g/mol. The zero-order valence-corrected chi connectivity index (χ0v) is 14.2. The minimum Gasteiger partial charge on any atom is -0.488 e. The van der Waals surface area contributed by atoms with Crippen molar-refractivity contribution < 1.29 is 19.1 Å². The third-order valence-electron chi connectivity index (χ3n) is 4.49. The molecule has 8 nitrogen and oxygen atoms in total. The van der Waals surface area contributed by atoms with Gasteiger partial charge in [-0.15, -0.1) is 0 Å². The lowest BCUT2D eigenvalue weighted by atomic mass is 10.3. The maximum Gasteiger partial charge on any atom is 0.269 e. The number of carbonyl (C=O) groups excluding carboxylic acids is 3. The molecule has 1 unspecified atom stereocenters. The molecule has 2 fully saturated rings. The highest BCUT2D eigenvalue weighted by molar-refractivity contribution is 5.92. The number of amides is 3. The first-order chi connectivity index (χ1) is 12.1. The number of nitrogens with one attached hydrogen (secondary N) is 1. The number of rotatable bonds is 5. The fraction of sp³-hybridized carbons (Fsp3) is 0.529. The van der Waals surface area contributed by atoms with Gasteiger partial charge in [-0.2, -0.15) is 0 Å². The second-order valence-corrected chi connectivity index (χ2v) is 6.24. The molecule has 3 heterocycles. The zero-order chi connectivity index (χ0) is 17.8. The van der Waals surface area contributed by atoms with Gasteiger partial charge in [0, 0.05) is 45.2 Å². The Balaban J connectivity index is 1.53. The summed E-state index contributed by atoms with van der Waals surface area (Å²) in [7, 11) is 1.54. The fourth-order valence-corrected chi connectivity index (χ4v) is 3.11. The summed E-state index contributed by atoms with van der Waals surface area (Å²) in [4.78, 5) is 42.9. The van der Waals surface area contributed by atoms with Crippen molar-refractivity contribution in [3.8, 4) is 5.75 Å². The van der Waals surface area contributed by atoms with Crippen molar-refractivity contribution >= 4 is 17.7 Å². The molecule has 0 bridgehead atoms. The molecule has 2 aliphatic heterocycles. The smallest absolute Gasteiger partial charge is 0.269 e. The standard InChI is InChI=1S/C17H22N4O4/c1-18-17(24)14-9-12(4-6-19-14)25-13-5-8-21(10-13)16(23)11-20-7-2-3-15(20)22/h4,6,9,13H,2-3,5,7-8,10-11H2,1H3,(H,18,24). The molecule has 2 saturated heterocycles. The maximum atomic E-state index is 12.3. The van der Waals surface area contributed by atoms with E-state index in [2.05, 4.69) is 10.3 Å². The lowest BCUT2D eigenvalue weighted by Gasteiger charge is -2.21. The molecule has 1 atom stereocenters. The van der Waals surface area contributed by atoms with Gasteiger partial charge in [-0.3, -0.25) is 19.4 Å². The van der Waals surface area contributed by atoms with Gasteiger partial charge in [0.25, 0.3) is 5.91 Å². The highest BCUT2D eigenvalue weighted by Gasteiger charge is 2.30. The summed E-state index contributed by atoms with van der Waals surface area (Å²) >= 11 is 0. The average Bonchev–Trinajstić information content (AvgIpc) is 3.24. The summed E-state index contributed by atoms with van der Waals surface area (Å²) in [6, 6.07) is 3.28. The van der Waals surface area contributed by atoms with E-state index in [0.29, 0.717) is 37.5 Å². The van der Waals surface area contributed by atoms with E-state index in [0.717, 1.165) is 12.8 Å². The zero-order valence-electron chi connectivity index (χ0n) is 14.2. The van der Waals surface area contributed by atoms with Gasteiger partial charge in [0.15, 0.2) is 0 Å². The molecule has 0 aromatic carbocycles. The molecule has 134 valence electrons. The Labute approximate surface area is 146 Å². The Bertz CT molecular complexity index is 678. The minimum absolute atomic E-state index is 0.0397. The van der Waals surface area contributed by atoms with E-state index in [1.54, 1.807) is 29.0 Å². The first-order valence-electron chi connectivity index (χ1n) is 8.47. The number of carbonyl (C=O) groups is 3. The van der Waals surface area contributed by atoms with Crippen molar-refractivity contribution in [3.05, 3.63) is 24.0 Å². The van der Waals surface area contributed by atoms with E-state index in [1.807, 2.05) is 0 Å². The second-order valence-electron chi connectivity index (χ2n) is 6.24. The molecule has 0 radical (unpaired) electrons. The Morgan fingerprint density at radius 3 is 2.96 bits per heavy atom. The number of likely N-dealkylation sites (tertiary alicyclic amines) is 2. The van der Waals surface area contributed by atoms with E-state index in [-0.39, 0.29) is 30.4 Å². The highest BCUT2D eigenvalue weighted by Crippen LogP contribution is 2.19. The van der Waals surface area contributed by atoms with Gasteiger partial charge in [-0.05, 0) is 12.5 Å². The molecule has 3 amide bonds. The van der Waals surface area contributed by atoms with E-state index in [9.17, 15) is 14.4 Å². The number of pyridine rings is 1. The Kier molecular flexibility index (Phi) is 5.16. The van der Waals surface area contributed by atoms with Crippen LogP contribution in [0.5, 0.6) is 5.75 Å². The molecule has 1 aromatic rings. The lowest BCUT2D eigenvalue weighted by molar-refractivity contribution is -0.137. The maximum absolute atomic E-state index is 12.3. The van der Waals surface area contributed by atoms with Gasteiger partial charge in [-0.25, -0.2) is 0 Å². The Morgan fingerprint density at radius 2 is 2.24 bits per heavy atom. The number of hydrogen-bond acceptors (Lipinski definition) is 5. The van der Waals surface area contributed by atoms with Gasteiger partial charge in [-0.1, -0.05) is 0 Å². The first-order valence-corrected chi connectivity index (χ1v) is 8.47. The molecule has 0 saturated carbocycles. The predicted octanol–water partition coefficient (Wildman–Crippen LogP) is 0.0433. The van der Waals surface area contributed by atoms with Crippen LogP contribution in [0.25, 0.3) is 0 Å². The van der Waals surface area contributed by atoms with E-state index in [4.69, 9.17) is 4.74 Å². The molecule has 3 rings (SSSR count). The van der Waals surface area contributed by atoms with Crippen molar-refractivity contribution in [1.82, 2.24) is 20.1 Å². The molecule has 0 spiro atoms. The Morgan fingerprint density at radius 1 is 1.40 bits per heavy atom. The molecule has 2 aliphatic rings. The van der Waals surface area contributed by atoms with Crippen molar-refractivity contribution in [1.29, 1.82) is 0 Å². The average molecular weight is 346 g/mol. The highest BCUT2D eigenvalue weighted by atomic mass is 16.5. The number of nitrogens with zero attached hydrogens (tertiary/aromatic N) is 3. The fourth-order valence-electron chi connectivity index (χ4n) is 3.11. The number of ether oxygens (including phenoxy) is 1. The number of hydrogen-bond donors (Lipinski definition) is 1. The van der Waals surface area contributed by atoms with Gasteiger partial charge < -0.3 is 19.9 Å². The topological polar surface area (TPSA) is 91.8 Å². The van der Waals surface area contributed by atoms with Crippen LogP contribution in [0.2, 0.25) is 0 Å². The van der Waals surface area contributed by atoms with Gasteiger partial charge >= 0.3 is 0 Å².